The number of nitrogens with zero attached hydrogens (tertiary/aromatic N) is 9. The molecule has 0 bridgehead atoms. The van der Waals surface area contributed by atoms with Gasteiger partial charge in [-0.3, -0.25) is 33.6 Å². The number of hydrogen-bond donors (Lipinski definition) is 5. The maximum absolute atomic E-state index is 14.1. The smallest absolute Gasteiger partial charge is 0.313 e. The lowest BCUT2D eigenvalue weighted by atomic mass is 10.0. The fraction of sp³-hybridized carbons (Fsp3) is 0.764. The van der Waals surface area contributed by atoms with Crippen LogP contribution in [0.25, 0.3) is 31.3 Å². The molecule has 2 atom stereocenters. The van der Waals surface area contributed by atoms with E-state index in [0.717, 1.165) is 0 Å². The van der Waals surface area contributed by atoms with Crippen LogP contribution < -0.4 is 31.3 Å². The van der Waals surface area contributed by atoms with E-state index in [0.29, 0.717) is 38.5 Å². The second-order valence-electron chi connectivity index (χ2n) is 19.3. The molecule has 0 aliphatic rings. The highest BCUT2D eigenvalue weighted by Crippen LogP contribution is 2.29. The van der Waals surface area contributed by atoms with Crippen molar-refractivity contribution in [2.45, 2.75) is 102 Å². The molecule has 1 aromatic carbocycles. The van der Waals surface area contributed by atoms with E-state index < -0.39 is 77.0 Å². The lowest BCUT2D eigenvalue weighted by Crippen LogP contribution is -2.54. The first-order valence-corrected chi connectivity index (χ1v) is 30.1. The Balaban J connectivity index is 2.79. The Morgan fingerprint density at radius 3 is 1.17 bits per heavy atom. The maximum atomic E-state index is 14.1. The van der Waals surface area contributed by atoms with E-state index >= 15 is 0 Å². The minimum atomic E-state index is -2.39. The molecule has 32 nitrogen and oxygen atoms in total. The number of Topliss-reactive ketones (excluding diaryl/α,β-unsaturated/α-hetero) is 1. The van der Waals surface area contributed by atoms with E-state index in [-0.39, 0.29) is 234 Å². The Kier molecular flexibility index (Phi) is 52.1. The molecule has 0 aliphatic heterocycles. The molecule has 0 radical (unpaired) electrons. The summed E-state index contributed by atoms with van der Waals surface area (Å²) in [6, 6.07) is -2.19. The highest BCUT2D eigenvalue weighted by atomic mass is 19.2. The van der Waals surface area contributed by atoms with E-state index in [2.05, 4.69) is 61.4 Å². The summed E-state index contributed by atoms with van der Waals surface area (Å²) < 4.78 is 125. The third kappa shape index (κ3) is 45.2. The van der Waals surface area contributed by atoms with Crippen LogP contribution in [-0.2, 0) is 80.9 Å². The number of carbonyl (C=O) groups is 7. The second kappa shape index (κ2) is 57.8. The third-order valence-corrected chi connectivity index (χ3v) is 12.2. The zero-order valence-electron chi connectivity index (χ0n) is 51.7. The molecule has 0 aliphatic carbocycles. The van der Waals surface area contributed by atoms with Crippen LogP contribution in [0.3, 0.4) is 0 Å². The van der Waals surface area contributed by atoms with Gasteiger partial charge in [-0.1, -0.05) is 15.3 Å². The number of ether oxygens (including phenoxy) is 11. The Bertz CT molecular complexity index is 2410. The van der Waals surface area contributed by atoms with Gasteiger partial charge < -0.3 is 78.7 Å². The van der Waals surface area contributed by atoms with E-state index in [4.69, 9.17) is 64.0 Å². The molecule has 0 saturated heterocycles. The molecule has 0 fully saturated rings. The molecule has 0 heterocycles. The molecule has 0 spiro atoms. The highest BCUT2D eigenvalue weighted by Gasteiger charge is 2.29. The van der Waals surface area contributed by atoms with Gasteiger partial charge in [0.2, 0.25) is 64.4 Å². The molecule has 92 heavy (non-hydrogen) atoms. The summed E-state index contributed by atoms with van der Waals surface area (Å²) in [7, 11) is 0. The predicted octanol–water partition coefficient (Wildman–Crippen LogP) is 4.73. The Morgan fingerprint density at radius 2 is 0.728 bits per heavy atom. The zero-order chi connectivity index (χ0) is 67.5. The quantitative estimate of drug-likeness (QED) is 0.00677. The molecular weight excluding hydrogens is 1240 g/mol. The summed E-state index contributed by atoms with van der Waals surface area (Å²) in [5.41, 5.74) is 25.0. The normalized spacial score (nSPS) is 11.5. The van der Waals surface area contributed by atoms with Crippen molar-refractivity contribution >= 4 is 41.3 Å². The number of halogens is 5. The average Bonchev–Trinajstić information content (AvgIpc) is 1.16. The number of carbonyl (C=O) groups excluding carboxylic acids is 7. The average molecular weight is 1330 g/mol. The molecule has 0 saturated carbocycles. The molecule has 520 valence electrons. The largest absolute Gasteiger partial charge is 0.420 e. The Labute approximate surface area is 529 Å². The van der Waals surface area contributed by atoms with Gasteiger partial charge in [0.05, 0.1) is 139 Å². The summed E-state index contributed by atoms with van der Waals surface area (Å²) in [5, 5.41) is 24.0. The molecular formula is C55H87F5N14O18. The monoisotopic (exact) mass is 1330 g/mol. The Morgan fingerprint density at radius 1 is 0.359 bits per heavy atom. The standard InChI is InChI=1S/C55H87F5N14O18/c56-48-49(57)51(59)53(52(60)50(48)58)92-47(79)14-24-85-32-37-90-39-40-91-38-36-86-25-17-66-54(80)42(8-3-5-15-64-44(76)12-22-83-30-34-88-27-19-68-73-62)71-55(81)43(9-4-6-16-65-45(77)13-23-84-31-35-89-28-20-69-74-63)70-46(78)10-2-1-7-41(75)11-21-82-29-33-87-26-18-67-72-61/h42-43H,1-40H2,(H,64,76)(H,65,77)(H,66,80)(H,70,78)(H,71,81)/t42-,43-/m0/s1. The van der Waals surface area contributed by atoms with Crippen molar-refractivity contribution in [1.29, 1.82) is 0 Å². The molecule has 0 unspecified atom stereocenters. The number of rotatable bonds is 62. The van der Waals surface area contributed by atoms with Crippen molar-refractivity contribution in [3.63, 3.8) is 0 Å². The van der Waals surface area contributed by atoms with Crippen molar-refractivity contribution in [3.8, 4) is 5.75 Å². The Hall–Kier alpha value is -7.11. The fourth-order valence-electron chi connectivity index (χ4n) is 7.45. The van der Waals surface area contributed by atoms with Gasteiger partial charge in [-0.15, -0.1) is 0 Å². The van der Waals surface area contributed by atoms with Crippen LogP contribution in [0, 0.1) is 29.1 Å². The van der Waals surface area contributed by atoms with E-state index in [1.807, 2.05) is 0 Å². The maximum Gasteiger partial charge on any atom is 0.313 e. The number of nitrogens with one attached hydrogen (secondary N) is 5. The van der Waals surface area contributed by atoms with Gasteiger partial charge in [0.1, 0.15) is 17.9 Å². The second-order valence-corrected chi connectivity index (χ2v) is 19.3. The zero-order valence-corrected chi connectivity index (χ0v) is 51.7. The molecule has 5 N–H and O–H groups in total. The van der Waals surface area contributed by atoms with Crippen LogP contribution in [0.1, 0.15) is 89.9 Å². The minimum Gasteiger partial charge on any atom is -0.420 e. The summed E-state index contributed by atoms with van der Waals surface area (Å²) in [5.74, 6) is -16.8. The SMILES string of the molecule is [N-]=[N+]=NCCOCCOCCC(=O)CCCCC(=O)N[C@@H](CCCCNC(=O)CCOCCOCCN=[N+]=[N-])C(=O)N[C@@H](CCCCNC(=O)CCOCCOCCN=[N+]=[N-])C(=O)NCCOCCOCCOCCOCCC(=O)Oc1c(F)c(F)c(F)c(F)c1F. The van der Waals surface area contributed by atoms with Crippen LogP contribution >= 0.6 is 0 Å². The summed E-state index contributed by atoms with van der Waals surface area (Å²) in [4.78, 5) is 98.3. The van der Waals surface area contributed by atoms with Crippen LogP contribution in [0.5, 0.6) is 5.75 Å². The van der Waals surface area contributed by atoms with Crippen LogP contribution in [-0.4, -0.2) is 225 Å². The van der Waals surface area contributed by atoms with Gasteiger partial charge in [0.25, 0.3) is 0 Å². The highest BCUT2D eigenvalue weighted by molar-refractivity contribution is 5.92. The lowest BCUT2D eigenvalue weighted by Gasteiger charge is -2.23. The van der Waals surface area contributed by atoms with Crippen molar-refractivity contribution in [2.75, 3.05) is 171 Å². The van der Waals surface area contributed by atoms with Crippen molar-refractivity contribution in [2.24, 2.45) is 15.3 Å². The molecule has 37 heteroatoms. The number of hydrogen-bond acceptors (Lipinski definition) is 21. The van der Waals surface area contributed by atoms with Gasteiger partial charge in [0.15, 0.2) is 0 Å². The van der Waals surface area contributed by atoms with Gasteiger partial charge in [-0.2, -0.15) is 8.78 Å². The van der Waals surface area contributed by atoms with Gasteiger partial charge in [-0.05, 0) is 68.0 Å². The first-order valence-electron chi connectivity index (χ1n) is 30.1. The van der Waals surface area contributed by atoms with Crippen LogP contribution in [0.4, 0.5) is 22.0 Å². The fourth-order valence-corrected chi connectivity index (χ4v) is 7.45. The number of ketones is 1. The topological polar surface area (TPSA) is 427 Å². The summed E-state index contributed by atoms with van der Waals surface area (Å²) >= 11 is 0. The summed E-state index contributed by atoms with van der Waals surface area (Å²) in [6.07, 6.45) is 2.54. The van der Waals surface area contributed by atoms with Gasteiger partial charge in [-0.25, -0.2) is 13.2 Å². The van der Waals surface area contributed by atoms with Crippen molar-refractivity contribution in [1.82, 2.24) is 26.6 Å². The first-order chi connectivity index (χ1) is 44.7. The lowest BCUT2D eigenvalue weighted by molar-refractivity contribution is -0.136. The van der Waals surface area contributed by atoms with Crippen LogP contribution in [0.2, 0.25) is 0 Å². The van der Waals surface area contributed by atoms with E-state index in [9.17, 15) is 55.5 Å². The molecule has 1 aromatic rings. The number of amides is 5. The third-order valence-electron chi connectivity index (χ3n) is 12.2. The van der Waals surface area contributed by atoms with Crippen molar-refractivity contribution in [3.05, 3.63) is 60.4 Å². The first kappa shape index (κ1) is 82.9. The van der Waals surface area contributed by atoms with E-state index in [1.54, 1.807) is 0 Å². The van der Waals surface area contributed by atoms with Gasteiger partial charge >= 0.3 is 5.97 Å². The predicted molar refractivity (Wildman–Crippen MR) is 315 cm³/mol. The summed E-state index contributed by atoms with van der Waals surface area (Å²) in [6.45, 7) is 4.08. The minimum absolute atomic E-state index is 0.00594. The molecule has 1 rings (SSSR count). The molecule has 5 amide bonds. The van der Waals surface area contributed by atoms with E-state index in [1.165, 1.54) is 0 Å². The van der Waals surface area contributed by atoms with Crippen molar-refractivity contribution < 1.29 is 108 Å². The van der Waals surface area contributed by atoms with Gasteiger partial charge in [0, 0.05) is 86.1 Å². The number of esters is 1. The molecule has 0 aromatic heterocycles. The number of benzene rings is 1. The number of unbranched alkanes of at least 4 members (excludes halogenated alkanes) is 3. The van der Waals surface area contributed by atoms with Crippen LogP contribution in [0.15, 0.2) is 15.3 Å². The number of azide groups is 3.